The molecule has 4 aromatic heterocycles. The molecule has 2 aliphatic rings. The third kappa shape index (κ3) is 6.06. The number of aromatic nitrogens is 5. The molecule has 7 rings (SSSR count). The summed E-state index contributed by atoms with van der Waals surface area (Å²) in [5.74, 6) is -0.952. The first-order chi connectivity index (χ1) is 24.3. The van der Waals surface area contributed by atoms with Crippen molar-refractivity contribution in [2.75, 3.05) is 24.1 Å². The summed E-state index contributed by atoms with van der Waals surface area (Å²) in [4.78, 5) is 63.7. The van der Waals surface area contributed by atoms with E-state index in [1.165, 1.54) is 23.2 Å². The minimum absolute atomic E-state index is 0.0475. The molecule has 2 amide bonds. The Morgan fingerprint density at radius 1 is 1.02 bits per heavy atom. The molecular formula is C38H39FN8O4. The second kappa shape index (κ2) is 12.9. The molecule has 13 heteroatoms. The molecule has 5 aromatic rings. The van der Waals surface area contributed by atoms with Crippen LogP contribution in [0.5, 0.6) is 0 Å². The summed E-state index contributed by atoms with van der Waals surface area (Å²) < 4.78 is 17.3. The number of hydrogen-bond acceptors (Lipinski definition) is 8. The number of nitrogens with one attached hydrogen (secondary N) is 1. The SMILES string of the molecule is CC(C)C(=O)N1CCC(c2cc(-c3ccc(NC(=O)c4cc5c(n(-c6cncc(F)c6)c4=O)CCC(C)(C)C5=O)cc3)c3c(N)ncnn23)CC1. The Hall–Kier alpha value is -5.72. The van der Waals surface area contributed by atoms with Gasteiger partial charge in [0.25, 0.3) is 11.5 Å². The van der Waals surface area contributed by atoms with Crippen molar-refractivity contribution in [3.63, 3.8) is 0 Å². The number of rotatable bonds is 6. The number of hydrogen-bond donors (Lipinski definition) is 2. The van der Waals surface area contributed by atoms with Gasteiger partial charge in [0.2, 0.25) is 5.91 Å². The first kappa shape index (κ1) is 33.8. The van der Waals surface area contributed by atoms with Crippen molar-refractivity contribution in [1.82, 2.24) is 29.0 Å². The van der Waals surface area contributed by atoms with Crippen LogP contribution in [0.3, 0.4) is 0 Å². The van der Waals surface area contributed by atoms with Crippen LogP contribution in [0.15, 0.2) is 66.0 Å². The second-order valence-electron chi connectivity index (χ2n) is 14.3. The lowest BCUT2D eigenvalue weighted by Crippen LogP contribution is -2.40. The lowest BCUT2D eigenvalue weighted by Gasteiger charge is -2.33. The van der Waals surface area contributed by atoms with Gasteiger partial charge in [-0.15, -0.1) is 0 Å². The third-order valence-corrected chi connectivity index (χ3v) is 10.1. The number of nitrogens with two attached hydrogens (primary N) is 1. The number of halogens is 1. The molecule has 3 N–H and O–H groups in total. The number of carbonyl (C=O) groups is 3. The first-order valence-corrected chi connectivity index (χ1v) is 17.1. The van der Waals surface area contributed by atoms with E-state index < -0.39 is 22.7 Å². The van der Waals surface area contributed by atoms with Crippen LogP contribution in [0.25, 0.3) is 22.3 Å². The van der Waals surface area contributed by atoms with Crippen LogP contribution in [0.2, 0.25) is 0 Å². The molecule has 1 aromatic carbocycles. The van der Waals surface area contributed by atoms with E-state index in [1.807, 2.05) is 49.2 Å². The van der Waals surface area contributed by atoms with E-state index in [-0.39, 0.29) is 40.3 Å². The number of anilines is 2. The van der Waals surface area contributed by atoms with Crippen LogP contribution >= 0.6 is 0 Å². The number of benzene rings is 1. The zero-order chi connectivity index (χ0) is 36.2. The highest BCUT2D eigenvalue weighted by atomic mass is 19.1. The molecule has 0 spiro atoms. The average molecular weight is 691 g/mol. The minimum Gasteiger partial charge on any atom is -0.382 e. The van der Waals surface area contributed by atoms with Gasteiger partial charge in [-0.1, -0.05) is 39.8 Å². The van der Waals surface area contributed by atoms with E-state index in [1.54, 1.807) is 12.1 Å². The number of amides is 2. The van der Waals surface area contributed by atoms with Gasteiger partial charge in [-0.3, -0.25) is 28.7 Å². The lowest BCUT2D eigenvalue weighted by atomic mass is 9.74. The number of likely N-dealkylation sites (tertiary alicyclic amines) is 1. The Morgan fingerprint density at radius 3 is 2.43 bits per heavy atom. The topological polar surface area (TPSA) is 158 Å². The van der Waals surface area contributed by atoms with Crippen LogP contribution in [-0.2, 0) is 11.2 Å². The molecule has 1 fully saturated rings. The van der Waals surface area contributed by atoms with Crippen LogP contribution < -0.4 is 16.6 Å². The summed E-state index contributed by atoms with van der Waals surface area (Å²) in [6.07, 6.45) is 6.26. The Bertz CT molecular complexity index is 2270. The Kier molecular flexibility index (Phi) is 8.52. The zero-order valence-corrected chi connectivity index (χ0v) is 28.9. The summed E-state index contributed by atoms with van der Waals surface area (Å²) in [5.41, 5.74) is 9.29. The van der Waals surface area contributed by atoms with E-state index in [9.17, 15) is 23.6 Å². The summed E-state index contributed by atoms with van der Waals surface area (Å²) in [5, 5.41) is 7.33. The molecule has 0 bridgehead atoms. The van der Waals surface area contributed by atoms with Crippen molar-refractivity contribution >= 4 is 34.6 Å². The van der Waals surface area contributed by atoms with Gasteiger partial charge in [-0.05, 0) is 55.5 Å². The zero-order valence-electron chi connectivity index (χ0n) is 28.9. The molecular weight excluding hydrogens is 651 g/mol. The summed E-state index contributed by atoms with van der Waals surface area (Å²) in [6, 6.07) is 11.7. The highest BCUT2D eigenvalue weighted by Gasteiger charge is 2.37. The maximum Gasteiger partial charge on any atom is 0.268 e. The number of pyridine rings is 2. The van der Waals surface area contributed by atoms with E-state index in [4.69, 9.17) is 5.73 Å². The highest BCUT2D eigenvalue weighted by molar-refractivity contribution is 6.08. The fourth-order valence-electron chi connectivity index (χ4n) is 7.26. The minimum atomic E-state index is -0.707. The van der Waals surface area contributed by atoms with Crippen LogP contribution in [-0.4, -0.2) is 59.7 Å². The van der Waals surface area contributed by atoms with Gasteiger partial charge in [0.15, 0.2) is 11.6 Å². The lowest BCUT2D eigenvalue weighted by molar-refractivity contribution is -0.135. The largest absolute Gasteiger partial charge is 0.382 e. The number of Topliss-reactive ketones (excluding diaryl/α,β-unsaturated/α-hetero) is 1. The molecule has 0 saturated carbocycles. The third-order valence-electron chi connectivity index (χ3n) is 10.1. The Morgan fingerprint density at radius 2 is 1.75 bits per heavy atom. The van der Waals surface area contributed by atoms with Gasteiger partial charge in [-0.2, -0.15) is 5.10 Å². The molecule has 5 heterocycles. The number of carbonyl (C=O) groups excluding carboxylic acids is 3. The first-order valence-electron chi connectivity index (χ1n) is 17.1. The van der Waals surface area contributed by atoms with E-state index >= 15 is 0 Å². The van der Waals surface area contributed by atoms with Gasteiger partial charge < -0.3 is 16.0 Å². The highest BCUT2D eigenvalue weighted by Crippen LogP contribution is 2.38. The summed E-state index contributed by atoms with van der Waals surface area (Å²) >= 11 is 0. The van der Waals surface area contributed by atoms with Crippen LogP contribution in [0, 0.1) is 17.2 Å². The summed E-state index contributed by atoms with van der Waals surface area (Å²) in [6.45, 7) is 8.82. The van der Waals surface area contributed by atoms with Gasteiger partial charge in [0, 0.05) is 64.6 Å². The van der Waals surface area contributed by atoms with Crippen molar-refractivity contribution < 1.29 is 18.8 Å². The predicted octanol–water partition coefficient (Wildman–Crippen LogP) is 5.43. The van der Waals surface area contributed by atoms with Crippen molar-refractivity contribution in [3.8, 4) is 16.8 Å². The monoisotopic (exact) mass is 690 g/mol. The Balaban J connectivity index is 1.19. The standard InChI is InChI=1S/C38H39FN8O4/c1-21(2)36(50)45-13-10-23(11-14-45)31-17-27(32-34(40)42-20-43-47(31)32)22-5-7-25(8-6-22)44-35(49)29-16-28-30(9-12-38(3,4)33(28)48)46(37(29)51)26-15-24(39)18-41-19-26/h5-8,15-21,23H,9-14H2,1-4H3,(H,44,49)(H2,40,42,43). The van der Waals surface area contributed by atoms with E-state index in [0.717, 1.165) is 41.9 Å². The van der Waals surface area contributed by atoms with Gasteiger partial charge in [-0.25, -0.2) is 13.9 Å². The second-order valence-corrected chi connectivity index (χ2v) is 14.3. The van der Waals surface area contributed by atoms with Crippen molar-refractivity contribution in [2.45, 2.75) is 59.3 Å². The van der Waals surface area contributed by atoms with Crippen LogP contribution in [0.4, 0.5) is 15.9 Å². The van der Waals surface area contributed by atoms with Gasteiger partial charge in [0.1, 0.15) is 23.2 Å². The molecule has 12 nitrogen and oxygen atoms in total. The average Bonchev–Trinajstić information content (AvgIpc) is 3.51. The van der Waals surface area contributed by atoms with Gasteiger partial charge in [0.05, 0.1) is 18.1 Å². The maximum atomic E-state index is 14.2. The van der Waals surface area contributed by atoms with Gasteiger partial charge >= 0.3 is 0 Å². The number of piperidine rings is 1. The van der Waals surface area contributed by atoms with Crippen molar-refractivity contribution in [1.29, 1.82) is 0 Å². The van der Waals surface area contributed by atoms with Crippen LogP contribution in [0.1, 0.15) is 85.0 Å². The molecule has 262 valence electrons. The summed E-state index contributed by atoms with van der Waals surface area (Å²) in [7, 11) is 0. The molecule has 51 heavy (non-hydrogen) atoms. The number of ketones is 1. The van der Waals surface area contributed by atoms with Crippen molar-refractivity contribution in [3.05, 3.63) is 99.9 Å². The number of nitrogens with zero attached hydrogens (tertiary/aromatic N) is 6. The molecule has 0 atom stereocenters. The predicted molar refractivity (Wildman–Crippen MR) is 190 cm³/mol. The smallest absolute Gasteiger partial charge is 0.268 e. The normalized spacial score (nSPS) is 16.0. The molecule has 1 saturated heterocycles. The molecule has 1 aliphatic heterocycles. The fraction of sp³-hybridized carbons (Fsp3) is 0.342. The quantitative estimate of drug-likeness (QED) is 0.239. The van der Waals surface area contributed by atoms with E-state index in [2.05, 4.69) is 26.4 Å². The number of fused-ring (bicyclic) bond motifs is 2. The van der Waals surface area contributed by atoms with Crippen molar-refractivity contribution in [2.24, 2.45) is 11.3 Å². The molecule has 0 radical (unpaired) electrons. The fourth-order valence-corrected chi connectivity index (χ4v) is 7.26. The molecule has 1 aliphatic carbocycles. The van der Waals surface area contributed by atoms with E-state index in [0.29, 0.717) is 48.6 Å². The Labute approximate surface area is 293 Å². The molecule has 0 unspecified atom stereocenters. The maximum absolute atomic E-state index is 14.2. The number of nitrogen functional groups attached to an aromatic ring is 1.